The van der Waals surface area contributed by atoms with E-state index in [1.54, 1.807) is 25.8 Å². The maximum Gasteiger partial charge on any atom is 0.141 e. The maximum atomic E-state index is 5.59. The van der Waals surface area contributed by atoms with Crippen LogP contribution in [-0.4, -0.2) is 27.0 Å². The van der Waals surface area contributed by atoms with Crippen LogP contribution >= 0.6 is 0 Å². The molecule has 30 heavy (non-hydrogen) atoms. The van der Waals surface area contributed by atoms with Crippen LogP contribution in [0.4, 0.5) is 11.5 Å². The number of aromatic amines is 1. The molecule has 0 fully saturated rings. The average molecular weight is 393 g/mol. The van der Waals surface area contributed by atoms with E-state index in [2.05, 4.69) is 31.3 Å². The van der Waals surface area contributed by atoms with Gasteiger partial charge < -0.3 is 15.0 Å². The van der Waals surface area contributed by atoms with Crippen molar-refractivity contribution in [3.05, 3.63) is 84.6 Å². The fraction of sp³-hybridized carbons (Fsp3) is 0.0417. The molecule has 0 aliphatic carbocycles. The number of nitrogens with zero attached hydrogens (tertiary/aromatic N) is 3. The Labute approximate surface area is 173 Å². The molecular weight excluding hydrogens is 374 g/mol. The number of hydrogen-bond acceptors (Lipinski definition) is 5. The Morgan fingerprint density at radius 2 is 1.87 bits per heavy atom. The first-order valence-corrected chi connectivity index (χ1v) is 9.55. The Bertz CT molecular complexity index is 1360. The molecule has 0 atom stereocenters. The van der Waals surface area contributed by atoms with E-state index in [0.29, 0.717) is 0 Å². The highest BCUT2D eigenvalue weighted by Crippen LogP contribution is 2.31. The molecule has 5 aromatic rings. The first-order chi connectivity index (χ1) is 14.8. The molecular formula is C24H19N5O. The lowest BCUT2D eigenvalue weighted by atomic mass is 10.1. The molecule has 5 rings (SSSR count). The molecule has 2 aromatic carbocycles. The Hall–Kier alpha value is -4.19. The van der Waals surface area contributed by atoms with E-state index in [9.17, 15) is 0 Å². The molecule has 3 heterocycles. The van der Waals surface area contributed by atoms with Crippen molar-refractivity contribution >= 4 is 45.5 Å². The van der Waals surface area contributed by atoms with Crippen LogP contribution in [0, 0.1) is 0 Å². The van der Waals surface area contributed by atoms with Gasteiger partial charge in [0.1, 0.15) is 17.9 Å². The van der Waals surface area contributed by atoms with Crippen molar-refractivity contribution in [2.45, 2.75) is 0 Å². The molecule has 0 bridgehead atoms. The van der Waals surface area contributed by atoms with Gasteiger partial charge in [0, 0.05) is 52.2 Å². The van der Waals surface area contributed by atoms with E-state index in [1.165, 1.54) is 0 Å². The van der Waals surface area contributed by atoms with Gasteiger partial charge in [-0.05, 0) is 48.0 Å². The summed E-state index contributed by atoms with van der Waals surface area (Å²) in [7, 11) is 1.66. The third kappa shape index (κ3) is 3.46. The van der Waals surface area contributed by atoms with Crippen LogP contribution in [0.3, 0.4) is 0 Å². The topological polar surface area (TPSA) is 75.7 Å². The molecule has 3 aromatic heterocycles. The predicted octanol–water partition coefficient (Wildman–Crippen LogP) is 5.43. The van der Waals surface area contributed by atoms with E-state index in [0.717, 1.165) is 50.2 Å². The normalized spacial score (nSPS) is 11.4. The van der Waals surface area contributed by atoms with Gasteiger partial charge in [-0.1, -0.05) is 12.2 Å². The lowest BCUT2D eigenvalue weighted by Crippen LogP contribution is -1.97. The molecule has 0 radical (unpaired) electrons. The Morgan fingerprint density at radius 1 is 0.967 bits per heavy atom. The second-order valence-corrected chi connectivity index (χ2v) is 6.85. The molecule has 0 aliphatic heterocycles. The number of ether oxygens (including phenoxy) is 1. The lowest BCUT2D eigenvalue weighted by molar-refractivity contribution is 0.414. The highest BCUT2D eigenvalue weighted by molar-refractivity contribution is 5.95. The zero-order valence-electron chi connectivity index (χ0n) is 16.3. The molecule has 0 unspecified atom stereocenters. The van der Waals surface area contributed by atoms with Crippen LogP contribution in [0.5, 0.6) is 5.75 Å². The minimum absolute atomic E-state index is 0.746. The predicted molar refractivity (Wildman–Crippen MR) is 121 cm³/mol. The van der Waals surface area contributed by atoms with Crippen molar-refractivity contribution in [1.29, 1.82) is 0 Å². The number of hydrogen-bond donors (Lipinski definition) is 2. The van der Waals surface area contributed by atoms with Crippen LogP contribution in [0.25, 0.3) is 34.0 Å². The summed E-state index contributed by atoms with van der Waals surface area (Å²) in [6.07, 6.45) is 11.1. The van der Waals surface area contributed by atoms with Gasteiger partial charge in [0.2, 0.25) is 0 Å². The van der Waals surface area contributed by atoms with Gasteiger partial charge in [-0.25, -0.2) is 9.97 Å². The number of pyridine rings is 1. The van der Waals surface area contributed by atoms with E-state index >= 15 is 0 Å². The monoisotopic (exact) mass is 393 g/mol. The van der Waals surface area contributed by atoms with Crippen molar-refractivity contribution < 1.29 is 4.74 Å². The molecule has 2 N–H and O–H groups in total. The Kier molecular flexibility index (Phi) is 4.57. The summed E-state index contributed by atoms with van der Waals surface area (Å²) in [6, 6.07) is 16.1. The van der Waals surface area contributed by atoms with Gasteiger partial charge in [-0.3, -0.25) is 4.98 Å². The van der Waals surface area contributed by atoms with Gasteiger partial charge in [0.25, 0.3) is 0 Å². The summed E-state index contributed by atoms with van der Waals surface area (Å²) in [4.78, 5) is 16.2. The van der Waals surface area contributed by atoms with E-state index in [1.807, 2.05) is 60.8 Å². The maximum absolute atomic E-state index is 5.59. The van der Waals surface area contributed by atoms with Crippen LogP contribution in [0.1, 0.15) is 11.1 Å². The third-order valence-corrected chi connectivity index (χ3v) is 4.96. The van der Waals surface area contributed by atoms with Gasteiger partial charge >= 0.3 is 0 Å². The number of anilines is 2. The molecule has 6 heteroatoms. The van der Waals surface area contributed by atoms with Crippen molar-refractivity contribution in [2.75, 3.05) is 12.4 Å². The number of H-pyrrole nitrogens is 1. The van der Waals surface area contributed by atoms with Crippen LogP contribution in [0.2, 0.25) is 0 Å². The largest absolute Gasteiger partial charge is 0.496 e. The summed E-state index contributed by atoms with van der Waals surface area (Å²) in [5.74, 6) is 1.50. The fourth-order valence-corrected chi connectivity index (χ4v) is 3.44. The standard InChI is InChI=1S/C24H19N5O/c1-30-23-14-22-20(13-18(23)3-2-16-6-9-25-10-7-16)24(28-15-27-22)29-19-4-5-21-17(12-19)8-11-26-21/h2-15,26H,1H3,(H,27,28,29)/b3-2+. The van der Waals surface area contributed by atoms with Crippen molar-refractivity contribution in [2.24, 2.45) is 0 Å². The quantitative estimate of drug-likeness (QED) is 0.416. The second-order valence-electron chi connectivity index (χ2n) is 6.85. The van der Waals surface area contributed by atoms with E-state index in [-0.39, 0.29) is 0 Å². The van der Waals surface area contributed by atoms with Crippen molar-refractivity contribution in [1.82, 2.24) is 19.9 Å². The molecule has 146 valence electrons. The zero-order valence-corrected chi connectivity index (χ0v) is 16.3. The van der Waals surface area contributed by atoms with Crippen LogP contribution < -0.4 is 10.1 Å². The third-order valence-electron chi connectivity index (χ3n) is 4.96. The summed E-state index contributed by atoms with van der Waals surface area (Å²) in [5, 5.41) is 5.49. The highest BCUT2D eigenvalue weighted by atomic mass is 16.5. The van der Waals surface area contributed by atoms with Gasteiger partial charge in [-0.15, -0.1) is 0 Å². The summed E-state index contributed by atoms with van der Waals surface area (Å²) < 4.78 is 5.59. The Morgan fingerprint density at radius 3 is 2.73 bits per heavy atom. The molecule has 0 saturated heterocycles. The van der Waals surface area contributed by atoms with Gasteiger partial charge in [0.05, 0.1) is 12.6 Å². The lowest BCUT2D eigenvalue weighted by Gasteiger charge is -2.11. The number of fused-ring (bicyclic) bond motifs is 2. The van der Waals surface area contributed by atoms with Gasteiger partial charge in [-0.2, -0.15) is 0 Å². The van der Waals surface area contributed by atoms with Crippen LogP contribution in [0.15, 0.2) is 73.4 Å². The Balaban J connectivity index is 1.56. The second kappa shape index (κ2) is 7.67. The SMILES string of the molecule is COc1cc2ncnc(Nc3ccc4[nH]ccc4c3)c2cc1/C=C/c1ccncc1. The minimum atomic E-state index is 0.746. The number of aromatic nitrogens is 4. The molecule has 0 spiro atoms. The number of benzene rings is 2. The number of rotatable bonds is 5. The van der Waals surface area contributed by atoms with Crippen molar-refractivity contribution in [3.63, 3.8) is 0 Å². The van der Waals surface area contributed by atoms with E-state index in [4.69, 9.17) is 4.74 Å². The number of methoxy groups -OCH3 is 1. The van der Waals surface area contributed by atoms with Crippen molar-refractivity contribution in [3.8, 4) is 5.75 Å². The summed E-state index contributed by atoms with van der Waals surface area (Å²) in [6.45, 7) is 0. The zero-order chi connectivity index (χ0) is 20.3. The average Bonchev–Trinajstić information content (AvgIpc) is 3.26. The van der Waals surface area contributed by atoms with E-state index < -0.39 is 0 Å². The molecule has 6 nitrogen and oxygen atoms in total. The minimum Gasteiger partial charge on any atom is -0.496 e. The first kappa shape index (κ1) is 17.9. The molecule has 0 amide bonds. The van der Waals surface area contributed by atoms with Crippen LogP contribution in [-0.2, 0) is 0 Å². The molecule has 0 aliphatic rings. The molecule has 0 saturated carbocycles. The van der Waals surface area contributed by atoms with Gasteiger partial charge in [0.15, 0.2) is 0 Å². The number of nitrogens with one attached hydrogen (secondary N) is 2. The highest BCUT2D eigenvalue weighted by Gasteiger charge is 2.10. The smallest absolute Gasteiger partial charge is 0.141 e. The summed E-state index contributed by atoms with van der Waals surface area (Å²) >= 11 is 0. The first-order valence-electron chi connectivity index (χ1n) is 9.55. The fourth-order valence-electron chi connectivity index (χ4n) is 3.44. The summed E-state index contributed by atoms with van der Waals surface area (Å²) in [5.41, 5.74) is 4.89.